The average Bonchev–Trinajstić information content (AvgIpc) is 2.67. The second kappa shape index (κ2) is 8.59. The number of anilines is 2. The van der Waals surface area contributed by atoms with Gasteiger partial charge in [0.1, 0.15) is 5.75 Å². The van der Waals surface area contributed by atoms with Crippen molar-refractivity contribution in [3.63, 3.8) is 0 Å². The van der Waals surface area contributed by atoms with Gasteiger partial charge in [-0.3, -0.25) is 14.4 Å². The Labute approximate surface area is 160 Å². The number of hydrogen-bond acceptors (Lipinski definition) is 6. The van der Waals surface area contributed by atoms with Gasteiger partial charge in [0.15, 0.2) is 6.61 Å². The Morgan fingerprint density at radius 1 is 1.15 bits per heavy atom. The molecule has 0 spiro atoms. The first-order valence-corrected chi connectivity index (χ1v) is 9.09. The molecule has 140 valence electrons. The van der Waals surface area contributed by atoms with Gasteiger partial charge < -0.3 is 20.1 Å². The number of nitrogens with one attached hydrogen (secondary N) is 2. The van der Waals surface area contributed by atoms with Crippen LogP contribution in [0, 0.1) is 0 Å². The van der Waals surface area contributed by atoms with Gasteiger partial charge in [0, 0.05) is 10.6 Å². The molecule has 27 heavy (non-hydrogen) atoms. The molecule has 1 aliphatic heterocycles. The van der Waals surface area contributed by atoms with Gasteiger partial charge in [0.2, 0.25) is 5.91 Å². The van der Waals surface area contributed by atoms with Crippen molar-refractivity contribution in [2.75, 3.05) is 24.4 Å². The maximum absolute atomic E-state index is 12.1. The van der Waals surface area contributed by atoms with Crippen molar-refractivity contribution in [3.05, 3.63) is 48.5 Å². The number of fused-ring (bicyclic) bond motifs is 1. The van der Waals surface area contributed by atoms with Gasteiger partial charge in [-0.05, 0) is 36.4 Å². The van der Waals surface area contributed by atoms with Crippen LogP contribution in [0.1, 0.15) is 6.42 Å². The Morgan fingerprint density at radius 2 is 1.89 bits per heavy atom. The van der Waals surface area contributed by atoms with Gasteiger partial charge in [-0.2, -0.15) is 0 Å². The number of thioether (sulfide) groups is 1. The lowest BCUT2D eigenvalue weighted by Gasteiger charge is -2.23. The SMILES string of the molecule is COc1ccc(NC(=O)COC(=O)C[C@@H]2Sc3ccccc3NC2=O)cc1. The van der Waals surface area contributed by atoms with Crippen molar-refractivity contribution < 1.29 is 23.9 Å². The zero-order chi connectivity index (χ0) is 19.2. The van der Waals surface area contributed by atoms with Crippen molar-refractivity contribution in [2.45, 2.75) is 16.6 Å². The Bertz CT molecular complexity index is 853. The van der Waals surface area contributed by atoms with Gasteiger partial charge in [-0.1, -0.05) is 12.1 Å². The summed E-state index contributed by atoms with van der Waals surface area (Å²) in [6, 6.07) is 14.1. The van der Waals surface area contributed by atoms with Crippen LogP contribution in [0.15, 0.2) is 53.4 Å². The first-order chi connectivity index (χ1) is 13.0. The Kier molecular flexibility index (Phi) is 5.97. The number of carbonyl (C=O) groups is 3. The van der Waals surface area contributed by atoms with E-state index >= 15 is 0 Å². The molecule has 0 saturated heterocycles. The molecule has 1 heterocycles. The highest BCUT2D eigenvalue weighted by atomic mass is 32.2. The van der Waals surface area contributed by atoms with Crippen LogP contribution in [0.5, 0.6) is 5.75 Å². The topological polar surface area (TPSA) is 93.7 Å². The van der Waals surface area contributed by atoms with Crippen LogP contribution < -0.4 is 15.4 Å². The molecule has 2 aromatic rings. The van der Waals surface area contributed by atoms with Crippen LogP contribution in [-0.2, 0) is 19.1 Å². The molecule has 0 unspecified atom stereocenters. The number of benzene rings is 2. The monoisotopic (exact) mass is 386 g/mol. The van der Waals surface area contributed by atoms with E-state index < -0.39 is 23.7 Å². The summed E-state index contributed by atoms with van der Waals surface area (Å²) >= 11 is 1.31. The summed E-state index contributed by atoms with van der Waals surface area (Å²) in [5, 5.41) is 4.80. The van der Waals surface area contributed by atoms with Crippen LogP contribution in [0.25, 0.3) is 0 Å². The van der Waals surface area contributed by atoms with Gasteiger partial charge in [0.05, 0.1) is 24.5 Å². The van der Waals surface area contributed by atoms with Crippen LogP contribution >= 0.6 is 11.8 Å². The van der Waals surface area contributed by atoms with E-state index in [2.05, 4.69) is 10.6 Å². The molecule has 0 saturated carbocycles. The molecule has 3 rings (SSSR count). The Morgan fingerprint density at radius 3 is 2.63 bits per heavy atom. The van der Waals surface area contributed by atoms with Crippen molar-refractivity contribution in [1.29, 1.82) is 0 Å². The summed E-state index contributed by atoms with van der Waals surface area (Å²) in [6.07, 6.45) is -0.110. The average molecular weight is 386 g/mol. The van der Waals surface area contributed by atoms with E-state index in [1.54, 1.807) is 37.4 Å². The molecule has 0 bridgehead atoms. The standard InChI is InChI=1S/C19H18N2O5S/c1-25-13-8-6-12(7-9-13)20-17(22)11-26-18(23)10-16-19(24)21-14-4-2-3-5-15(14)27-16/h2-9,16H,10-11H2,1H3,(H,20,22)(H,21,24)/t16-/m0/s1. The Balaban J connectivity index is 1.46. The third-order valence-corrected chi connectivity index (χ3v) is 5.07. The predicted molar refractivity (Wildman–Crippen MR) is 102 cm³/mol. The van der Waals surface area contributed by atoms with E-state index in [0.717, 1.165) is 10.6 Å². The van der Waals surface area contributed by atoms with Gasteiger partial charge >= 0.3 is 5.97 Å². The van der Waals surface area contributed by atoms with E-state index in [4.69, 9.17) is 9.47 Å². The van der Waals surface area contributed by atoms with Crippen molar-refractivity contribution in [1.82, 2.24) is 0 Å². The summed E-state index contributed by atoms with van der Waals surface area (Å²) in [5.41, 5.74) is 1.30. The maximum atomic E-state index is 12.1. The normalized spacial score (nSPS) is 15.3. The van der Waals surface area contributed by atoms with Crippen molar-refractivity contribution in [3.8, 4) is 5.75 Å². The summed E-state index contributed by atoms with van der Waals surface area (Å²) in [6.45, 7) is -0.416. The first kappa shape index (κ1) is 18.8. The highest BCUT2D eigenvalue weighted by Gasteiger charge is 2.29. The van der Waals surface area contributed by atoms with Gasteiger partial charge in [-0.25, -0.2) is 0 Å². The fraction of sp³-hybridized carbons (Fsp3) is 0.211. The summed E-state index contributed by atoms with van der Waals surface area (Å²) in [7, 11) is 1.55. The summed E-state index contributed by atoms with van der Waals surface area (Å²) in [5.74, 6) is -0.644. The molecule has 7 nitrogen and oxygen atoms in total. The molecule has 0 aromatic heterocycles. The molecule has 1 aliphatic rings. The highest BCUT2D eigenvalue weighted by molar-refractivity contribution is 8.01. The largest absolute Gasteiger partial charge is 0.497 e. The molecule has 1 atom stereocenters. The number of esters is 1. The second-order valence-electron chi connectivity index (χ2n) is 5.73. The molecule has 0 aliphatic carbocycles. The molecular weight excluding hydrogens is 368 g/mol. The van der Waals surface area contributed by atoms with E-state index in [1.807, 2.05) is 18.2 Å². The van der Waals surface area contributed by atoms with E-state index in [0.29, 0.717) is 11.4 Å². The molecule has 2 aromatic carbocycles. The number of ether oxygens (including phenoxy) is 2. The molecule has 8 heteroatoms. The van der Waals surface area contributed by atoms with E-state index in [9.17, 15) is 14.4 Å². The number of rotatable bonds is 6. The molecule has 0 radical (unpaired) electrons. The highest BCUT2D eigenvalue weighted by Crippen LogP contribution is 2.36. The third-order valence-electron chi connectivity index (χ3n) is 3.80. The van der Waals surface area contributed by atoms with Crippen LogP contribution in [0.3, 0.4) is 0 Å². The number of amides is 2. The lowest BCUT2D eigenvalue weighted by Crippen LogP contribution is -2.32. The minimum atomic E-state index is -0.605. The van der Waals surface area contributed by atoms with Crippen LogP contribution in [0.4, 0.5) is 11.4 Å². The fourth-order valence-corrected chi connectivity index (χ4v) is 3.55. The van der Waals surface area contributed by atoms with E-state index in [1.165, 1.54) is 11.8 Å². The van der Waals surface area contributed by atoms with Crippen LogP contribution in [0.2, 0.25) is 0 Å². The smallest absolute Gasteiger partial charge is 0.307 e. The molecular formula is C19H18N2O5S. The van der Waals surface area contributed by atoms with Gasteiger partial charge in [-0.15, -0.1) is 11.8 Å². The quantitative estimate of drug-likeness (QED) is 0.742. The zero-order valence-corrected chi connectivity index (χ0v) is 15.4. The van der Waals surface area contributed by atoms with E-state index in [-0.39, 0.29) is 12.3 Å². The molecule has 2 N–H and O–H groups in total. The second-order valence-corrected chi connectivity index (χ2v) is 6.98. The van der Waals surface area contributed by atoms with Crippen molar-refractivity contribution >= 4 is 40.9 Å². The number of para-hydroxylation sites is 1. The lowest BCUT2D eigenvalue weighted by atomic mass is 10.2. The van der Waals surface area contributed by atoms with Gasteiger partial charge in [0.25, 0.3) is 5.91 Å². The van der Waals surface area contributed by atoms with Crippen LogP contribution in [-0.4, -0.2) is 36.8 Å². The number of hydrogen-bond donors (Lipinski definition) is 2. The maximum Gasteiger partial charge on any atom is 0.307 e. The summed E-state index contributed by atoms with van der Waals surface area (Å²) < 4.78 is 10.0. The molecule has 0 fully saturated rings. The first-order valence-electron chi connectivity index (χ1n) is 8.21. The minimum absolute atomic E-state index is 0.110. The summed E-state index contributed by atoms with van der Waals surface area (Å²) in [4.78, 5) is 36.9. The number of methoxy groups -OCH3 is 1. The minimum Gasteiger partial charge on any atom is -0.497 e. The predicted octanol–water partition coefficient (Wildman–Crippen LogP) is 2.68. The zero-order valence-electron chi connectivity index (χ0n) is 14.6. The van der Waals surface area contributed by atoms with Crippen molar-refractivity contribution in [2.24, 2.45) is 0 Å². The fourth-order valence-electron chi connectivity index (χ4n) is 2.45. The number of carbonyl (C=O) groups excluding carboxylic acids is 3. The molecule has 2 amide bonds. The lowest BCUT2D eigenvalue weighted by molar-refractivity contribution is -0.147. The Hall–Kier alpha value is -3.00. The third kappa shape index (κ3) is 5.01.